The van der Waals surface area contributed by atoms with Crippen LogP contribution in [0.25, 0.3) is 11.0 Å². The van der Waals surface area contributed by atoms with Gasteiger partial charge in [0.15, 0.2) is 0 Å². The van der Waals surface area contributed by atoms with E-state index in [1.165, 1.54) is 0 Å². The zero-order chi connectivity index (χ0) is 25.0. The molecule has 2 aromatic heterocycles. The molecule has 4 rings (SSSR count). The maximum Gasteiger partial charge on any atom is 0.247 e. The molecule has 0 fully saturated rings. The van der Waals surface area contributed by atoms with Gasteiger partial charge in [0.05, 0.1) is 18.3 Å². The number of hydrogen-bond acceptors (Lipinski definition) is 5. The van der Waals surface area contributed by atoms with E-state index in [0.29, 0.717) is 11.3 Å². The fourth-order valence-corrected chi connectivity index (χ4v) is 3.86. The third-order valence-electron chi connectivity index (χ3n) is 6.23. The number of aromatic nitrogens is 3. The van der Waals surface area contributed by atoms with Crippen LogP contribution in [0.2, 0.25) is 0 Å². The summed E-state index contributed by atoms with van der Waals surface area (Å²) >= 11 is 0. The minimum atomic E-state index is -0.853. The van der Waals surface area contributed by atoms with Crippen molar-refractivity contribution >= 4 is 22.8 Å². The van der Waals surface area contributed by atoms with Gasteiger partial charge < -0.3 is 14.6 Å². The molecule has 0 aliphatic rings. The largest absolute Gasteiger partial charge is 0.467 e. The molecule has 35 heavy (non-hydrogen) atoms. The first-order valence-corrected chi connectivity index (χ1v) is 11.8. The first kappa shape index (κ1) is 24.2. The van der Waals surface area contributed by atoms with Gasteiger partial charge in [0.2, 0.25) is 11.8 Å². The van der Waals surface area contributed by atoms with Crippen LogP contribution in [-0.2, 0) is 22.7 Å². The molecule has 0 aliphatic heterocycles. The normalized spacial score (nSPS) is 12.5. The van der Waals surface area contributed by atoms with Crippen molar-refractivity contribution in [2.45, 2.75) is 58.8 Å². The molecule has 1 atom stereocenters. The van der Waals surface area contributed by atoms with Crippen molar-refractivity contribution in [1.82, 2.24) is 25.2 Å². The van der Waals surface area contributed by atoms with Crippen LogP contribution in [0.15, 0.2) is 71.3 Å². The van der Waals surface area contributed by atoms with Crippen LogP contribution in [-0.4, -0.2) is 37.2 Å². The molecule has 0 radical (unpaired) electrons. The lowest BCUT2D eigenvalue weighted by Gasteiger charge is -2.34. The van der Waals surface area contributed by atoms with E-state index < -0.39 is 11.6 Å². The maximum absolute atomic E-state index is 13.8. The lowest BCUT2D eigenvalue weighted by atomic mass is 9.98. The van der Waals surface area contributed by atoms with Crippen molar-refractivity contribution < 1.29 is 14.0 Å². The minimum Gasteiger partial charge on any atom is -0.467 e. The van der Waals surface area contributed by atoms with Crippen LogP contribution in [0.1, 0.15) is 50.1 Å². The van der Waals surface area contributed by atoms with E-state index in [-0.39, 0.29) is 24.9 Å². The zero-order valence-electron chi connectivity index (χ0n) is 20.6. The van der Waals surface area contributed by atoms with Crippen molar-refractivity contribution in [3.63, 3.8) is 0 Å². The molecular formula is C27H31N5O3. The SMILES string of the molecule is CCC(C)(C)NC(=O)[C@@H](c1ccc(C)cc1)N(Cc1ccco1)C(=O)Cn1nnc2ccccc21. The summed E-state index contributed by atoms with van der Waals surface area (Å²) in [6, 6.07) is 17.9. The Labute approximate surface area is 204 Å². The highest BCUT2D eigenvalue weighted by atomic mass is 16.3. The number of nitrogens with zero attached hydrogens (tertiary/aromatic N) is 4. The summed E-state index contributed by atoms with van der Waals surface area (Å²) < 4.78 is 7.13. The number of carbonyl (C=O) groups excluding carboxylic acids is 2. The lowest BCUT2D eigenvalue weighted by Crippen LogP contribution is -2.50. The molecule has 0 saturated heterocycles. The van der Waals surface area contributed by atoms with Crippen LogP contribution in [0.4, 0.5) is 0 Å². The molecule has 0 saturated carbocycles. The number of aryl methyl sites for hydroxylation is 1. The van der Waals surface area contributed by atoms with E-state index in [0.717, 1.165) is 23.1 Å². The average molecular weight is 474 g/mol. The summed E-state index contributed by atoms with van der Waals surface area (Å²) in [7, 11) is 0. The number of furan rings is 1. The first-order chi connectivity index (χ1) is 16.8. The van der Waals surface area contributed by atoms with Gasteiger partial charge in [-0.25, -0.2) is 4.68 Å². The number of rotatable bonds is 9. The van der Waals surface area contributed by atoms with E-state index in [1.807, 2.05) is 76.2 Å². The predicted molar refractivity (Wildman–Crippen MR) is 133 cm³/mol. The Kier molecular flexibility index (Phi) is 7.00. The minimum absolute atomic E-state index is 0.0615. The summed E-state index contributed by atoms with van der Waals surface area (Å²) in [5.41, 5.74) is 2.82. The molecule has 0 bridgehead atoms. The Morgan fingerprint density at radius 2 is 1.83 bits per heavy atom. The highest BCUT2D eigenvalue weighted by Crippen LogP contribution is 2.26. The van der Waals surface area contributed by atoms with Gasteiger partial charge in [-0.2, -0.15) is 0 Å². The topological polar surface area (TPSA) is 93.3 Å². The van der Waals surface area contributed by atoms with Gasteiger partial charge in [0.1, 0.15) is 23.9 Å². The van der Waals surface area contributed by atoms with Crippen LogP contribution in [0.3, 0.4) is 0 Å². The molecule has 0 aliphatic carbocycles. The lowest BCUT2D eigenvalue weighted by molar-refractivity contribution is -0.143. The number of nitrogens with one attached hydrogen (secondary N) is 1. The van der Waals surface area contributed by atoms with Gasteiger partial charge >= 0.3 is 0 Å². The van der Waals surface area contributed by atoms with E-state index in [4.69, 9.17) is 4.42 Å². The third-order valence-corrected chi connectivity index (χ3v) is 6.23. The maximum atomic E-state index is 13.8. The first-order valence-electron chi connectivity index (χ1n) is 11.8. The second-order valence-corrected chi connectivity index (χ2v) is 9.38. The molecule has 2 aromatic carbocycles. The fourth-order valence-electron chi connectivity index (χ4n) is 3.86. The number of para-hydroxylation sites is 1. The van der Waals surface area contributed by atoms with Crippen LogP contribution in [0, 0.1) is 6.92 Å². The van der Waals surface area contributed by atoms with E-state index in [1.54, 1.807) is 28.0 Å². The molecular weight excluding hydrogens is 442 g/mol. The van der Waals surface area contributed by atoms with E-state index in [2.05, 4.69) is 15.6 Å². The molecule has 2 amide bonds. The molecule has 0 unspecified atom stereocenters. The number of amides is 2. The Morgan fingerprint density at radius 1 is 1.09 bits per heavy atom. The number of carbonyl (C=O) groups is 2. The van der Waals surface area contributed by atoms with Gasteiger partial charge in [-0.3, -0.25) is 9.59 Å². The molecule has 2 heterocycles. The van der Waals surface area contributed by atoms with Gasteiger partial charge in [0.25, 0.3) is 0 Å². The summed E-state index contributed by atoms with van der Waals surface area (Å²) in [5.74, 6) is 0.0672. The van der Waals surface area contributed by atoms with Crippen molar-refractivity contribution in [3.8, 4) is 0 Å². The monoisotopic (exact) mass is 473 g/mol. The summed E-state index contributed by atoms with van der Waals surface area (Å²) in [4.78, 5) is 29.1. The Bertz CT molecular complexity index is 1290. The molecule has 0 spiro atoms. The van der Waals surface area contributed by atoms with E-state index in [9.17, 15) is 9.59 Å². The van der Waals surface area contributed by atoms with Crippen molar-refractivity contribution in [3.05, 3.63) is 83.8 Å². The number of fused-ring (bicyclic) bond motifs is 1. The van der Waals surface area contributed by atoms with Crippen molar-refractivity contribution in [2.75, 3.05) is 0 Å². The van der Waals surface area contributed by atoms with Gasteiger partial charge in [0, 0.05) is 5.54 Å². The quantitative estimate of drug-likeness (QED) is 0.389. The van der Waals surface area contributed by atoms with Crippen LogP contribution < -0.4 is 5.32 Å². The number of hydrogen-bond donors (Lipinski definition) is 1. The summed E-state index contributed by atoms with van der Waals surface area (Å²) in [5, 5.41) is 11.5. The highest BCUT2D eigenvalue weighted by Gasteiger charge is 2.34. The third kappa shape index (κ3) is 5.59. The fraction of sp³-hybridized carbons (Fsp3) is 0.333. The van der Waals surface area contributed by atoms with Crippen LogP contribution >= 0.6 is 0 Å². The standard InChI is InChI=1S/C27H31N5O3/c1-5-27(3,4)28-26(34)25(20-14-12-19(2)13-15-20)31(17-21-9-8-16-35-21)24(33)18-32-23-11-7-6-10-22(23)29-30-32/h6-16,25H,5,17-18H2,1-4H3,(H,28,34)/t25-/m1/s1. The molecule has 8 heteroatoms. The van der Waals surface area contributed by atoms with Gasteiger partial charge in [-0.15, -0.1) is 5.10 Å². The Hall–Kier alpha value is -3.94. The Balaban J connectivity index is 1.74. The second-order valence-electron chi connectivity index (χ2n) is 9.38. The van der Waals surface area contributed by atoms with Crippen LogP contribution in [0.5, 0.6) is 0 Å². The summed E-state index contributed by atoms with van der Waals surface area (Å²) in [6.45, 7) is 8.02. The smallest absolute Gasteiger partial charge is 0.247 e. The van der Waals surface area contributed by atoms with Gasteiger partial charge in [-0.05, 0) is 57.0 Å². The molecule has 8 nitrogen and oxygen atoms in total. The number of benzene rings is 2. The van der Waals surface area contributed by atoms with E-state index >= 15 is 0 Å². The zero-order valence-corrected chi connectivity index (χ0v) is 20.6. The molecule has 4 aromatic rings. The predicted octanol–water partition coefficient (Wildman–Crippen LogP) is 4.41. The Morgan fingerprint density at radius 3 is 2.51 bits per heavy atom. The van der Waals surface area contributed by atoms with Crippen molar-refractivity contribution in [2.24, 2.45) is 0 Å². The van der Waals surface area contributed by atoms with Gasteiger partial charge in [-0.1, -0.05) is 54.1 Å². The highest BCUT2D eigenvalue weighted by molar-refractivity contribution is 5.89. The summed E-state index contributed by atoms with van der Waals surface area (Å²) in [6.07, 6.45) is 2.31. The second kappa shape index (κ2) is 10.1. The molecule has 1 N–H and O–H groups in total. The molecule has 182 valence electrons. The van der Waals surface area contributed by atoms with Crippen molar-refractivity contribution in [1.29, 1.82) is 0 Å². The average Bonchev–Trinajstić information content (AvgIpc) is 3.50.